The fraction of sp³-hybridized carbons (Fsp3) is 0.0909. The fourth-order valence-electron chi connectivity index (χ4n) is 3.06. The molecule has 0 saturated heterocycles. The van der Waals surface area contributed by atoms with Crippen LogP contribution in [0.25, 0.3) is 22.5 Å². The van der Waals surface area contributed by atoms with Gasteiger partial charge in [0.1, 0.15) is 17.3 Å². The first kappa shape index (κ1) is 18.2. The maximum Gasteiger partial charge on any atom is 0.133 e. The Bertz CT molecular complexity index is 1190. The van der Waals surface area contributed by atoms with Crippen molar-refractivity contribution < 1.29 is 5.11 Å². The molecular formula is C22H18N6O. The lowest BCUT2D eigenvalue weighted by Crippen LogP contribution is -2.01. The largest absolute Gasteiger partial charge is 0.506 e. The summed E-state index contributed by atoms with van der Waals surface area (Å²) in [6.07, 6.45) is 3.15. The molecule has 142 valence electrons. The van der Waals surface area contributed by atoms with Crippen LogP contribution in [-0.2, 0) is 6.54 Å². The van der Waals surface area contributed by atoms with Crippen LogP contribution in [0.3, 0.4) is 0 Å². The second kappa shape index (κ2) is 7.82. The molecule has 0 spiro atoms. The van der Waals surface area contributed by atoms with E-state index in [1.807, 2.05) is 43.3 Å². The van der Waals surface area contributed by atoms with E-state index in [-0.39, 0.29) is 5.75 Å². The van der Waals surface area contributed by atoms with Crippen LogP contribution < -0.4 is 5.32 Å². The average molecular weight is 382 g/mol. The number of H-pyrrole nitrogens is 1. The molecule has 7 heteroatoms. The number of rotatable bonds is 5. The molecule has 0 saturated carbocycles. The van der Waals surface area contributed by atoms with E-state index in [0.717, 1.165) is 28.2 Å². The van der Waals surface area contributed by atoms with Gasteiger partial charge in [0.25, 0.3) is 0 Å². The van der Waals surface area contributed by atoms with E-state index < -0.39 is 0 Å². The van der Waals surface area contributed by atoms with E-state index in [1.165, 1.54) is 6.20 Å². The molecule has 0 amide bonds. The van der Waals surface area contributed by atoms with Gasteiger partial charge in [-0.05, 0) is 66.1 Å². The molecule has 29 heavy (non-hydrogen) atoms. The van der Waals surface area contributed by atoms with E-state index in [4.69, 9.17) is 5.26 Å². The number of pyridine rings is 2. The molecule has 0 aliphatic heterocycles. The van der Waals surface area contributed by atoms with Gasteiger partial charge in [-0.3, -0.25) is 10.1 Å². The normalized spacial score (nSPS) is 10.5. The number of aromatic hydroxyl groups is 1. The van der Waals surface area contributed by atoms with E-state index in [2.05, 4.69) is 31.6 Å². The third-order valence-electron chi connectivity index (χ3n) is 4.53. The first-order chi connectivity index (χ1) is 14.1. The minimum atomic E-state index is 0.120. The molecule has 4 aromatic rings. The molecule has 0 aliphatic rings. The zero-order valence-electron chi connectivity index (χ0n) is 15.7. The lowest BCUT2D eigenvalue weighted by Gasteiger charge is -2.09. The molecule has 1 aromatic carbocycles. The summed E-state index contributed by atoms with van der Waals surface area (Å²) in [5.41, 5.74) is 6.06. The smallest absolute Gasteiger partial charge is 0.133 e. The molecule has 4 rings (SSSR count). The van der Waals surface area contributed by atoms with Crippen LogP contribution in [0.4, 0.5) is 5.82 Å². The first-order valence-corrected chi connectivity index (χ1v) is 9.03. The van der Waals surface area contributed by atoms with Gasteiger partial charge in [0.15, 0.2) is 0 Å². The van der Waals surface area contributed by atoms with Crippen molar-refractivity contribution >= 4 is 5.82 Å². The summed E-state index contributed by atoms with van der Waals surface area (Å²) in [5, 5.41) is 28.9. The Hall–Kier alpha value is -4.18. The number of aryl methyl sites for hydroxylation is 1. The molecule has 0 fully saturated rings. The Kier molecular flexibility index (Phi) is 4.91. The average Bonchev–Trinajstić information content (AvgIpc) is 3.22. The fourth-order valence-corrected chi connectivity index (χ4v) is 3.06. The van der Waals surface area contributed by atoms with Gasteiger partial charge in [-0.2, -0.15) is 10.4 Å². The van der Waals surface area contributed by atoms with Crippen molar-refractivity contribution in [2.75, 3.05) is 5.32 Å². The van der Waals surface area contributed by atoms with Crippen molar-refractivity contribution in [2.24, 2.45) is 0 Å². The molecule has 0 aliphatic carbocycles. The lowest BCUT2D eigenvalue weighted by atomic mass is 9.99. The Morgan fingerprint density at radius 2 is 1.97 bits per heavy atom. The third-order valence-corrected chi connectivity index (χ3v) is 4.53. The molecule has 3 heterocycles. The Labute approximate surface area is 167 Å². The number of anilines is 1. The minimum absolute atomic E-state index is 0.120. The van der Waals surface area contributed by atoms with Crippen LogP contribution in [-0.4, -0.2) is 25.3 Å². The number of hydrogen-bond donors (Lipinski definition) is 3. The van der Waals surface area contributed by atoms with E-state index in [0.29, 0.717) is 23.5 Å². The van der Waals surface area contributed by atoms with Crippen molar-refractivity contribution in [1.29, 1.82) is 5.26 Å². The zero-order chi connectivity index (χ0) is 20.2. The number of nitriles is 1. The van der Waals surface area contributed by atoms with Crippen molar-refractivity contribution in [3.8, 4) is 34.3 Å². The molecule has 0 radical (unpaired) electrons. The van der Waals surface area contributed by atoms with Crippen LogP contribution in [0, 0.1) is 18.3 Å². The summed E-state index contributed by atoms with van der Waals surface area (Å²) in [6.45, 7) is 2.51. The van der Waals surface area contributed by atoms with Crippen molar-refractivity contribution in [3.63, 3.8) is 0 Å². The highest BCUT2D eigenvalue weighted by Gasteiger charge is 2.07. The molecular weight excluding hydrogens is 364 g/mol. The zero-order valence-corrected chi connectivity index (χ0v) is 15.7. The predicted molar refractivity (Wildman–Crippen MR) is 110 cm³/mol. The third kappa shape index (κ3) is 4.06. The van der Waals surface area contributed by atoms with E-state index >= 15 is 0 Å². The minimum Gasteiger partial charge on any atom is -0.506 e. The summed E-state index contributed by atoms with van der Waals surface area (Å²) < 4.78 is 0. The summed E-state index contributed by atoms with van der Waals surface area (Å²) >= 11 is 0. The second-order valence-electron chi connectivity index (χ2n) is 6.60. The number of aromatic amines is 1. The highest BCUT2D eigenvalue weighted by atomic mass is 16.3. The van der Waals surface area contributed by atoms with Crippen molar-refractivity contribution in [1.82, 2.24) is 20.2 Å². The van der Waals surface area contributed by atoms with Crippen molar-refractivity contribution in [2.45, 2.75) is 13.5 Å². The SMILES string of the molecule is Cc1cc(C#N)ccc1-c1ccnc(NCc2cc(-c3ccc(O)cn3)n[nH]2)c1. The number of aromatic nitrogens is 4. The molecule has 0 bridgehead atoms. The van der Waals surface area contributed by atoms with Gasteiger partial charge in [-0.25, -0.2) is 4.98 Å². The van der Waals surface area contributed by atoms with E-state index in [9.17, 15) is 5.11 Å². The quantitative estimate of drug-likeness (QED) is 0.481. The summed E-state index contributed by atoms with van der Waals surface area (Å²) in [5.74, 6) is 0.861. The van der Waals surface area contributed by atoms with Gasteiger partial charge >= 0.3 is 0 Å². The Morgan fingerprint density at radius 1 is 1.07 bits per heavy atom. The second-order valence-corrected chi connectivity index (χ2v) is 6.60. The predicted octanol–water partition coefficient (Wildman–Crippen LogP) is 4.03. The van der Waals surface area contributed by atoms with Crippen LogP contribution in [0.1, 0.15) is 16.8 Å². The number of hydrogen-bond acceptors (Lipinski definition) is 6. The summed E-state index contributed by atoms with van der Waals surface area (Å²) in [7, 11) is 0. The molecule has 0 unspecified atom stereocenters. The van der Waals surface area contributed by atoms with Crippen LogP contribution >= 0.6 is 0 Å². The maximum absolute atomic E-state index is 9.35. The highest BCUT2D eigenvalue weighted by molar-refractivity contribution is 5.70. The molecule has 0 atom stereocenters. The van der Waals surface area contributed by atoms with Gasteiger partial charge in [-0.15, -0.1) is 0 Å². The lowest BCUT2D eigenvalue weighted by molar-refractivity contribution is 0.473. The maximum atomic E-state index is 9.35. The van der Waals surface area contributed by atoms with Gasteiger partial charge in [0.05, 0.1) is 35.8 Å². The first-order valence-electron chi connectivity index (χ1n) is 9.03. The van der Waals surface area contributed by atoms with Crippen LogP contribution in [0.5, 0.6) is 5.75 Å². The molecule has 3 N–H and O–H groups in total. The van der Waals surface area contributed by atoms with Crippen LogP contribution in [0.2, 0.25) is 0 Å². The summed E-state index contributed by atoms with van der Waals surface area (Å²) in [4.78, 5) is 8.54. The van der Waals surface area contributed by atoms with Gasteiger partial charge in [0.2, 0.25) is 0 Å². The van der Waals surface area contributed by atoms with Gasteiger partial charge in [0, 0.05) is 6.20 Å². The highest BCUT2D eigenvalue weighted by Crippen LogP contribution is 2.26. The van der Waals surface area contributed by atoms with Gasteiger partial charge < -0.3 is 10.4 Å². The topological polar surface area (TPSA) is 111 Å². The summed E-state index contributed by atoms with van der Waals surface area (Å²) in [6, 6.07) is 16.9. The van der Waals surface area contributed by atoms with Gasteiger partial charge in [-0.1, -0.05) is 6.07 Å². The van der Waals surface area contributed by atoms with E-state index in [1.54, 1.807) is 18.3 Å². The standard InChI is InChI=1S/C22H18N6O/c1-14-8-15(11-23)2-4-19(14)16-6-7-24-22(9-16)26-12-17-10-21(28-27-17)20-5-3-18(29)13-25-20/h2-10,13,29H,12H2,1H3,(H,24,26)(H,27,28). The number of nitrogens with one attached hydrogen (secondary N) is 2. The Morgan fingerprint density at radius 3 is 2.72 bits per heavy atom. The number of nitrogens with zero attached hydrogens (tertiary/aromatic N) is 4. The number of benzene rings is 1. The monoisotopic (exact) mass is 382 g/mol. The van der Waals surface area contributed by atoms with Crippen molar-refractivity contribution in [3.05, 3.63) is 77.7 Å². The molecule has 7 nitrogen and oxygen atoms in total. The van der Waals surface area contributed by atoms with Crippen LogP contribution in [0.15, 0.2) is 60.9 Å². The molecule has 3 aromatic heterocycles. The Balaban J connectivity index is 1.48.